The fraction of sp³-hybridized carbons (Fsp3) is 0.357. The lowest BCUT2D eigenvalue weighted by Gasteiger charge is -2.44. The van der Waals surface area contributed by atoms with Crippen molar-refractivity contribution >= 4 is 80.2 Å². The molecule has 5 atom stereocenters. The molecule has 1 saturated heterocycles. The Kier molecular flexibility index (Phi) is 8.22. The molecule has 42 heavy (non-hydrogen) atoms. The summed E-state index contributed by atoms with van der Waals surface area (Å²) in [6.07, 6.45) is -6.35. The van der Waals surface area contributed by atoms with Crippen LogP contribution in [-0.4, -0.2) is 69.4 Å². The summed E-state index contributed by atoms with van der Waals surface area (Å²) in [4.78, 5) is 58.1. The molecule has 0 amide bonds. The lowest BCUT2D eigenvalue weighted by atomic mass is 9.97. The molecular formula is C28H25Cl2N3O9. The molecule has 0 spiro atoms. The number of halogens is 2. The number of rotatable bonds is 6. The molecule has 2 aromatic heterocycles. The minimum absolute atomic E-state index is 0.271. The third-order valence-electron chi connectivity index (χ3n) is 6.56. The van der Waals surface area contributed by atoms with Crippen LogP contribution in [0.15, 0.2) is 36.4 Å². The number of aromatic nitrogens is 3. The van der Waals surface area contributed by atoms with Gasteiger partial charge in [-0.05, 0) is 18.2 Å². The first-order valence-electron chi connectivity index (χ1n) is 12.8. The number of carbonyl (C=O) groups excluding carboxylic acids is 4. The first kappa shape index (κ1) is 29.5. The van der Waals surface area contributed by atoms with Crippen LogP contribution in [0.4, 0.5) is 0 Å². The van der Waals surface area contributed by atoms with Crippen LogP contribution in [0.3, 0.4) is 0 Å². The van der Waals surface area contributed by atoms with Crippen molar-refractivity contribution in [1.82, 2.24) is 14.5 Å². The van der Waals surface area contributed by atoms with Gasteiger partial charge in [0, 0.05) is 33.1 Å². The van der Waals surface area contributed by atoms with Crippen LogP contribution in [-0.2, 0) is 42.9 Å². The third kappa shape index (κ3) is 5.69. The van der Waals surface area contributed by atoms with Crippen molar-refractivity contribution in [2.75, 3.05) is 6.61 Å². The van der Waals surface area contributed by atoms with E-state index >= 15 is 0 Å². The fourth-order valence-electron chi connectivity index (χ4n) is 5.06. The smallest absolute Gasteiger partial charge is 0.303 e. The van der Waals surface area contributed by atoms with Crippen LogP contribution >= 0.6 is 23.2 Å². The van der Waals surface area contributed by atoms with E-state index in [1.54, 1.807) is 28.8 Å². The molecule has 5 rings (SSSR count). The molecule has 0 aliphatic carbocycles. The molecule has 12 nitrogen and oxygen atoms in total. The number of carbonyl (C=O) groups is 4. The molecule has 0 bridgehead atoms. The Morgan fingerprint density at radius 3 is 2.00 bits per heavy atom. The average molecular weight is 618 g/mol. The number of nitrogens with zero attached hydrogens (tertiary/aromatic N) is 3. The Bertz CT molecular complexity index is 1740. The monoisotopic (exact) mass is 617 g/mol. The second kappa shape index (κ2) is 11.7. The van der Waals surface area contributed by atoms with E-state index in [0.29, 0.717) is 38.1 Å². The van der Waals surface area contributed by atoms with E-state index in [2.05, 4.69) is 0 Å². The maximum absolute atomic E-state index is 12.4. The molecule has 4 aromatic rings. The van der Waals surface area contributed by atoms with Crippen LogP contribution in [0.5, 0.6) is 0 Å². The van der Waals surface area contributed by atoms with Gasteiger partial charge >= 0.3 is 23.9 Å². The summed E-state index contributed by atoms with van der Waals surface area (Å²) >= 11 is 12.5. The first-order chi connectivity index (χ1) is 19.9. The SMILES string of the molecule is CC(=O)OC[C@H]1O[C@@H](n2c3ccccc3c3nc4cc(Cl)c(Cl)cc4nc32)[C@@H](OC(C)=O)[C@@H](OC(C)=O)[C@@H]1OC(C)=O. The molecular weight excluding hydrogens is 593 g/mol. The summed E-state index contributed by atoms with van der Waals surface area (Å²) in [6, 6.07) is 10.4. The van der Waals surface area contributed by atoms with Gasteiger partial charge in [0.2, 0.25) is 0 Å². The van der Waals surface area contributed by atoms with Crippen molar-refractivity contribution < 1.29 is 42.9 Å². The van der Waals surface area contributed by atoms with E-state index in [4.69, 9.17) is 56.9 Å². The van der Waals surface area contributed by atoms with Crippen LogP contribution < -0.4 is 0 Å². The van der Waals surface area contributed by atoms with E-state index < -0.39 is 54.5 Å². The molecule has 3 heterocycles. The zero-order chi connectivity index (χ0) is 30.3. The minimum Gasteiger partial charge on any atom is -0.463 e. The highest BCUT2D eigenvalue weighted by Gasteiger charge is 2.53. The highest BCUT2D eigenvalue weighted by atomic mass is 35.5. The van der Waals surface area contributed by atoms with Crippen LogP contribution in [0, 0.1) is 0 Å². The maximum Gasteiger partial charge on any atom is 0.303 e. The molecule has 0 saturated carbocycles. The van der Waals surface area contributed by atoms with Crippen molar-refractivity contribution in [3.63, 3.8) is 0 Å². The second-order valence-corrected chi connectivity index (χ2v) is 10.4. The van der Waals surface area contributed by atoms with Gasteiger partial charge in [0.15, 0.2) is 30.2 Å². The summed E-state index contributed by atoms with van der Waals surface area (Å²) in [5, 5.41) is 1.26. The first-order valence-corrected chi connectivity index (χ1v) is 13.6. The lowest BCUT2D eigenvalue weighted by molar-refractivity contribution is -0.267. The Morgan fingerprint density at radius 1 is 0.810 bits per heavy atom. The van der Waals surface area contributed by atoms with Crippen molar-refractivity contribution in [3.05, 3.63) is 46.4 Å². The molecule has 1 aliphatic rings. The van der Waals surface area contributed by atoms with E-state index in [0.717, 1.165) is 13.8 Å². The zero-order valence-electron chi connectivity index (χ0n) is 22.8. The Morgan fingerprint density at radius 2 is 1.38 bits per heavy atom. The normalized spacial score (nSPS) is 22.2. The van der Waals surface area contributed by atoms with Crippen molar-refractivity contribution in [2.45, 2.75) is 58.3 Å². The van der Waals surface area contributed by atoms with Gasteiger partial charge in [-0.15, -0.1) is 0 Å². The number of fused-ring (bicyclic) bond motifs is 4. The highest BCUT2D eigenvalue weighted by Crippen LogP contribution is 2.40. The average Bonchev–Trinajstić information content (AvgIpc) is 3.21. The number of para-hydroxylation sites is 1. The van der Waals surface area contributed by atoms with Crippen LogP contribution in [0.1, 0.15) is 33.9 Å². The Labute approximate surface area is 248 Å². The molecule has 1 aliphatic heterocycles. The topological polar surface area (TPSA) is 145 Å². The Balaban J connectivity index is 1.78. The van der Waals surface area contributed by atoms with E-state index in [9.17, 15) is 19.2 Å². The van der Waals surface area contributed by atoms with E-state index in [1.165, 1.54) is 13.8 Å². The fourth-order valence-corrected chi connectivity index (χ4v) is 5.38. The predicted molar refractivity (Wildman–Crippen MR) is 150 cm³/mol. The zero-order valence-corrected chi connectivity index (χ0v) is 24.3. The van der Waals surface area contributed by atoms with Gasteiger partial charge in [-0.25, -0.2) is 9.97 Å². The lowest BCUT2D eigenvalue weighted by Crippen LogP contribution is -2.60. The van der Waals surface area contributed by atoms with Gasteiger partial charge in [0.05, 0.1) is 26.6 Å². The van der Waals surface area contributed by atoms with Gasteiger partial charge in [0.1, 0.15) is 18.2 Å². The summed E-state index contributed by atoms with van der Waals surface area (Å²) < 4.78 is 30.1. The minimum atomic E-state index is -1.35. The predicted octanol–water partition coefficient (Wildman–Crippen LogP) is 4.30. The van der Waals surface area contributed by atoms with Crippen molar-refractivity contribution in [1.29, 1.82) is 0 Å². The van der Waals surface area contributed by atoms with Gasteiger partial charge in [-0.3, -0.25) is 23.7 Å². The summed E-state index contributed by atoms with van der Waals surface area (Å²) in [5.41, 5.74) is 2.29. The van der Waals surface area contributed by atoms with E-state index in [1.807, 2.05) is 12.1 Å². The molecule has 1 fully saturated rings. The number of hydrogen-bond donors (Lipinski definition) is 0. The molecule has 0 radical (unpaired) electrons. The molecule has 0 N–H and O–H groups in total. The van der Waals surface area contributed by atoms with Crippen molar-refractivity contribution in [3.8, 4) is 0 Å². The van der Waals surface area contributed by atoms with Gasteiger partial charge in [0.25, 0.3) is 0 Å². The number of ether oxygens (including phenoxy) is 5. The second-order valence-electron chi connectivity index (χ2n) is 9.63. The summed E-state index contributed by atoms with van der Waals surface area (Å²) in [7, 11) is 0. The van der Waals surface area contributed by atoms with Crippen LogP contribution in [0.2, 0.25) is 10.0 Å². The quantitative estimate of drug-likeness (QED) is 0.225. The van der Waals surface area contributed by atoms with Gasteiger partial charge in [-0.1, -0.05) is 41.4 Å². The van der Waals surface area contributed by atoms with Crippen molar-refractivity contribution in [2.24, 2.45) is 0 Å². The number of hydrogen-bond acceptors (Lipinski definition) is 11. The largest absolute Gasteiger partial charge is 0.463 e. The highest BCUT2D eigenvalue weighted by molar-refractivity contribution is 6.42. The number of esters is 4. The molecule has 0 unspecified atom stereocenters. The Hall–Kier alpha value is -4.00. The van der Waals surface area contributed by atoms with Crippen LogP contribution in [0.25, 0.3) is 33.1 Å². The molecule has 2 aromatic carbocycles. The maximum atomic E-state index is 12.4. The summed E-state index contributed by atoms with van der Waals surface area (Å²) in [6.45, 7) is 4.34. The molecule has 220 valence electrons. The standard InChI is InChI=1S/C28H25Cl2N3O9/c1-12(34)38-11-22-24(39-13(2)35)25(40-14(3)36)26(41-15(4)37)28(42-22)33-21-8-6-5-7-16(21)23-27(33)32-20-10-18(30)17(29)9-19(20)31-23/h5-10,22,24-26,28H,11H2,1-4H3/t22-,24-,25+,26+,28-/m1/s1. The van der Waals surface area contributed by atoms with Gasteiger partial charge in [-0.2, -0.15) is 0 Å². The molecule has 14 heteroatoms. The van der Waals surface area contributed by atoms with E-state index in [-0.39, 0.29) is 11.6 Å². The third-order valence-corrected chi connectivity index (χ3v) is 7.28. The number of benzene rings is 2. The summed E-state index contributed by atoms with van der Waals surface area (Å²) in [5.74, 6) is -2.80. The van der Waals surface area contributed by atoms with Gasteiger partial charge < -0.3 is 23.7 Å².